The molecule has 0 radical (unpaired) electrons. The summed E-state index contributed by atoms with van der Waals surface area (Å²) in [7, 11) is 0. The monoisotopic (exact) mass is 236 g/mol. The van der Waals surface area contributed by atoms with E-state index in [4.69, 9.17) is 0 Å². The molecule has 1 aromatic rings. The van der Waals surface area contributed by atoms with Crippen LogP contribution in [0, 0.1) is 5.92 Å². The number of nitrogens with zero attached hydrogens (tertiary/aromatic N) is 2. The standard InChI is InChI=1S/C13H20N2O2/c1-2-15-9-8-14-12(15)10-6-4-3-5-7-11(10)13(16)17/h8-11H,2-7H2,1H3,(H,16,17). The van der Waals surface area contributed by atoms with Crippen LogP contribution in [0.3, 0.4) is 0 Å². The molecule has 94 valence electrons. The van der Waals surface area contributed by atoms with Crippen molar-refractivity contribution in [2.45, 2.75) is 51.5 Å². The first kappa shape index (κ1) is 12.1. The lowest BCUT2D eigenvalue weighted by Gasteiger charge is -2.21. The Hall–Kier alpha value is -1.32. The molecule has 1 aromatic heterocycles. The molecular formula is C13H20N2O2. The quantitative estimate of drug-likeness (QED) is 0.821. The maximum Gasteiger partial charge on any atom is 0.307 e. The highest BCUT2D eigenvalue weighted by Gasteiger charge is 2.32. The zero-order valence-corrected chi connectivity index (χ0v) is 10.3. The predicted octanol–water partition coefficient (Wildman–Crippen LogP) is 2.65. The molecule has 1 aliphatic carbocycles. The first-order chi connectivity index (χ1) is 8.24. The van der Waals surface area contributed by atoms with E-state index in [1.54, 1.807) is 6.20 Å². The molecule has 0 amide bonds. The van der Waals surface area contributed by atoms with Gasteiger partial charge in [0.1, 0.15) is 5.82 Å². The SMILES string of the molecule is CCn1ccnc1C1CCCCCC1C(=O)O. The van der Waals surface area contributed by atoms with Gasteiger partial charge in [0, 0.05) is 24.9 Å². The van der Waals surface area contributed by atoms with Crippen molar-refractivity contribution in [3.05, 3.63) is 18.2 Å². The predicted molar refractivity (Wildman–Crippen MR) is 64.9 cm³/mol. The summed E-state index contributed by atoms with van der Waals surface area (Å²) in [6.07, 6.45) is 8.75. The second-order valence-electron chi connectivity index (χ2n) is 4.76. The average Bonchev–Trinajstić information content (AvgIpc) is 2.64. The number of hydrogen-bond acceptors (Lipinski definition) is 2. The van der Waals surface area contributed by atoms with Gasteiger partial charge in [0.25, 0.3) is 0 Å². The minimum absolute atomic E-state index is 0.0879. The van der Waals surface area contributed by atoms with Crippen molar-refractivity contribution >= 4 is 5.97 Å². The fourth-order valence-electron chi connectivity index (χ4n) is 2.83. The molecule has 2 rings (SSSR count). The zero-order valence-electron chi connectivity index (χ0n) is 10.3. The summed E-state index contributed by atoms with van der Waals surface area (Å²) in [5.41, 5.74) is 0. The molecule has 0 spiro atoms. The van der Waals surface area contributed by atoms with Gasteiger partial charge in [-0.1, -0.05) is 19.3 Å². The highest BCUT2D eigenvalue weighted by atomic mass is 16.4. The molecule has 0 aliphatic heterocycles. The summed E-state index contributed by atoms with van der Waals surface area (Å²) in [5.74, 6) is 0.125. The average molecular weight is 236 g/mol. The van der Waals surface area contributed by atoms with E-state index in [2.05, 4.69) is 16.5 Å². The van der Waals surface area contributed by atoms with Crippen molar-refractivity contribution < 1.29 is 9.90 Å². The van der Waals surface area contributed by atoms with Crippen molar-refractivity contribution in [2.75, 3.05) is 0 Å². The molecule has 0 bridgehead atoms. The molecule has 1 fully saturated rings. The third-order valence-electron chi connectivity index (χ3n) is 3.75. The minimum Gasteiger partial charge on any atom is -0.481 e. The molecule has 0 aromatic carbocycles. The topological polar surface area (TPSA) is 55.1 Å². The van der Waals surface area contributed by atoms with Gasteiger partial charge in [0.05, 0.1) is 5.92 Å². The lowest BCUT2D eigenvalue weighted by molar-refractivity contribution is -0.142. The molecule has 1 N–H and O–H groups in total. The summed E-state index contributed by atoms with van der Waals surface area (Å²) in [4.78, 5) is 15.8. The van der Waals surface area contributed by atoms with Crippen LogP contribution in [-0.2, 0) is 11.3 Å². The number of carboxylic acid groups (broad SMARTS) is 1. The lowest BCUT2D eigenvalue weighted by atomic mass is 9.87. The largest absolute Gasteiger partial charge is 0.481 e. The molecular weight excluding hydrogens is 216 g/mol. The van der Waals surface area contributed by atoms with Crippen molar-refractivity contribution in [1.82, 2.24) is 9.55 Å². The van der Waals surface area contributed by atoms with Crippen LogP contribution in [0.5, 0.6) is 0 Å². The molecule has 4 heteroatoms. The number of aryl methyl sites for hydroxylation is 1. The summed E-state index contributed by atoms with van der Waals surface area (Å²) in [5, 5.41) is 9.36. The van der Waals surface area contributed by atoms with E-state index in [0.29, 0.717) is 0 Å². The molecule has 1 aliphatic rings. The Morgan fingerprint density at radius 3 is 2.94 bits per heavy atom. The molecule has 0 saturated heterocycles. The highest BCUT2D eigenvalue weighted by Crippen LogP contribution is 2.35. The van der Waals surface area contributed by atoms with E-state index in [9.17, 15) is 9.90 Å². The Bertz CT molecular complexity index is 387. The molecule has 2 unspecified atom stereocenters. The summed E-state index contributed by atoms with van der Waals surface area (Å²) in [6.45, 7) is 2.93. The van der Waals surface area contributed by atoms with Crippen LogP contribution < -0.4 is 0 Å². The lowest BCUT2D eigenvalue weighted by Crippen LogP contribution is -2.23. The Kier molecular flexibility index (Phi) is 3.82. The number of carbonyl (C=O) groups is 1. The molecule has 17 heavy (non-hydrogen) atoms. The minimum atomic E-state index is -0.664. The Morgan fingerprint density at radius 1 is 1.47 bits per heavy atom. The number of aliphatic carboxylic acids is 1. The molecule has 2 atom stereocenters. The fraction of sp³-hybridized carbons (Fsp3) is 0.692. The van der Waals surface area contributed by atoms with Gasteiger partial charge < -0.3 is 9.67 Å². The summed E-state index contributed by atoms with van der Waals surface area (Å²) < 4.78 is 2.08. The number of rotatable bonds is 3. The Balaban J connectivity index is 2.28. The number of imidazole rings is 1. The van der Waals surface area contributed by atoms with Gasteiger partial charge in [-0.3, -0.25) is 4.79 Å². The van der Waals surface area contributed by atoms with Crippen LogP contribution in [0.1, 0.15) is 50.8 Å². The second-order valence-corrected chi connectivity index (χ2v) is 4.76. The third-order valence-corrected chi connectivity index (χ3v) is 3.75. The maximum absolute atomic E-state index is 11.4. The van der Waals surface area contributed by atoms with Gasteiger partial charge in [0.2, 0.25) is 0 Å². The van der Waals surface area contributed by atoms with E-state index < -0.39 is 5.97 Å². The van der Waals surface area contributed by atoms with Gasteiger partial charge in [-0.25, -0.2) is 4.98 Å². The normalized spacial score (nSPS) is 25.5. The molecule has 4 nitrogen and oxygen atoms in total. The summed E-state index contributed by atoms with van der Waals surface area (Å²) in [6, 6.07) is 0. The van der Waals surface area contributed by atoms with Gasteiger partial charge in [-0.05, 0) is 19.8 Å². The highest BCUT2D eigenvalue weighted by molar-refractivity contribution is 5.71. The van der Waals surface area contributed by atoms with E-state index in [-0.39, 0.29) is 11.8 Å². The smallest absolute Gasteiger partial charge is 0.307 e. The first-order valence-electron chi connectivity index (χ1n) is 6.48. The van der Waals surface area contributed by atoms with Crippen LogP contribution in [0.15, 0.2) is 12.4 Å². The molecule has 1 heterocycles. The van der Waals surface area contributed by atoms with Crippen LogP contribution in [0.4, 0.5) is 0 Å². The van der Waals surface area contributed by atoms with E-state index in [1.807, 2.05) is 6.20 Å². The Labute approximate surface area is 102 Å². The number of aromatic nitrogens is 2. The van der Waals surface area contributed by atoms with Crippen LogP contribution in [-0.4, -0.2) is 20.6 Å². The number of hydrogen-bond donors (Lipinski definition) is 1. The third kappa shape index (κ3) is 2.51. The van der Waals surface area contributed by atoms with Crippen LogP contribution in [0.2, 0.25) is 0 Å². The van der Waals surface area contributed by atoms with E-state index in [1.165, 1.54) is 0 Å². The first-order valence-corrected chi connectivity index (χ1v) is 6.48. The van der Waals surface area contributed by atoms with Crippen LogP contribution >= 0.6 is 0 Å². The van der Waals surface area contributed by atoms with Gasteiger partial charge >= 0.3 is 5.97 Å². The van der Waals surface area contributed by atoms with Crippen molar-refractivity contribution in [3.63, 3.8) is 0 Å². The van der Waals surface area contributed by atoms with Gasteiger partial charge in [0.15, 0.2) is 0 Å². The molecule has 1 saturated carbocycles. The van der Waals surface area contributed by atoms with Crippen molar-refractivity contribution in [2.24, 2.45) is 5.92 Å². The fourth-order valence-corrected chi connectivity index (χ4v) is 2.83. The van der Waals surface area contributed by atoms with Crippen LogP contribution in [0.25, 0.3) is 0 Å². The maximum atomic E-state index is 11.4. The number of carboxylic acids is 1. The van der Waals surface area contributed by atoms with E-state index >= 15 is 0 Å². The van der Waals surface area contributed by atoms with Crippen molar-refractivity contribution in [3.8, 4) is 0 Å². The van der Waals surface area contributed by atoms with Gasteiger partial charge in [-0.2, -0.15) is 0 Å². The van der Waals surface area contributed by atoms with Crippen molar-refractivity contribution in [1.29, 1.82) is 0 Å². The zero-order chi connectivity index (χ0) is 12.3. The second kappa shape index (κ2) is 5.34. The van der Waals surface area contributed by atoms with Gasteiger partial charge in [-0.15, -0.1) is 0 Å². The summed E-state index contributed by atoms with van der Waals surface area (Å²) >= 11 is 0. The van der Waals surface area contributed by atoms with E-state index in [0.717, 1.165) is 44.5 Å². The Morgan fingerprint density at radius 2 is 2.24 bits per heavy atom.